The first-order valence-electron chi connectivity index (χ1n) is 2.79. The van der Waals surface area contributed by atoms with E-state index in [1.165, 1.54) is 13.8 Å². The van der Waals surface area contributed by atoms with Gasteiger partial charge in [-0.15, -0.1) is 0 Å². The van der Waals surface area contributed by atoms with Crippen LogP contribution in [0.3, 0.4) is 0 Å². The molecule has 0 aliphatic carbocycles. The Morgan fingerprint density at radius 1 is 1.09 bits per heavy atom. The van der Waals surface area contributed by atoms with E-state index in [0.717, 1.165) is 0 Å². The molecular formula is C4H9BiCl2N2O2. The number of carbonyl (C=O) groups excluding carboxylic acids is 2. The van der Waals surface area contributed by atoms with E-state index in [4.69, 9.17) is 17.0 Å². The van der Waals surface area contributed by atoms with Crippen LogP contribution < -0.4 is 6.52 Å². The summed E-state index contributed by atoms with van der Waals surface area (Å²) in [5.74, 6) is -0.657. The van der Waals surface area contributed by atoms with Gasteiger partial charge in [-0.1, -0.05) is 0 Å². The van der Waals surface area contributed by atoms with Crippen molar-refractivity contribution >= 4 is 47.3 Å². The molecule has 11 heavy (non-hydrogen) atoms. The maximum absolute atomic E-state index is 10.5. The third-order valence-electron chi connectivity index (χ3n) is 0.666. The van der Waals surface area contributed by atoms with E-state index in [1.54, 1.807) is 0 Å². The molecule has 0 aromatic rings. The summed E-state index contributed by atoms with van der Waals surface area (Å²) < 4.78 is 4.67. The molecule has 0 fully saturated rings. The molecule has 7 heteroatoms. The molecule has 0 rings (SSSR count). The van der Waals surface area contributed by atoms with Crippen LogP contribution in [0.25, 0.3) is 0 Å². The average molecular weight is 397 g/mol. The molecule has 0 aliphatic heterocycles. The summed E-state index contributed by atoms with van der Waals surface area (Å²) in [7, 11) is 11.3. The van der Waals surface area contributed by atoms with Gasteiger partial charge in [0, 0.05) is 0 Å². The fraction of sp³-hybridized carbons (Fsp3) is 0.500. The molecule has 0 aromatic carbocycles. The van der Waals surface area contributed by atoms with Gasteiger partial charge in [0.2, 0.25) is 0 Å². The normalized spacial score (nSPS) is 12.0. The van der Waals surface area contributed by atoms with Gasteiger partial charge in [-0.25, -0.2) is 0 Å². The van der Waals surface area contributed by atoms with Gasteiger partial charge in [-0.2, -0.15) is 0 Å². The molecule has 0 aromatic heterocycles. The molecular weight excluding hydrogens is 388 g/mol. The van der Waals surface area contributed by atoms with Gasteiger partial charge in [0.25, 0.3) is 0 Å². The number of hydrogen-bond acceptors (Lipinski definition) is 2. The fourth-order valence-electron chi connectivity index (χ4n) is 0.473. The van der Waals surface area contributed by atoms with Crippen LogP contribution in [-0.4, -0.2) is 30.3 Å². The predicted molar refractivity (Wildman–Crippen MR) is 46.5 cm³/mol. The van der Waals surface area contributed by atoms with Crippen LogP contribution >= 0.6 is 17.0 Å². The minimum absolute atomic E-state index is 0.328. The van der Waals surface area contributed by atoms with Crippen molar-refractivity contribution < 1.29 is 9.59 Å². The Hall–Kier alpha value is 0.403. The first-order valence-corrected chi connectivity index (χ1v) is 16.2. The zero-order chi connectivity index (χ0) is 9.07. The number of rotatable bonds is 2. The standard InChI is InChI=1S/2C2H5NO.Bi.2ClH.H/c2*1-2(3)4;;;;/h2*1H3,(H2,3,4);;2*1H;/q;;+4;;;/p-4. The van der Waals surface area contributed by atoms with E-state index < -0.39 is 18.5 Å². The van der Waals surface area contributed by atoms with Crippen LogP contribution in [0.15, 0.2) is 0 Å². The van der Waals surface area contributed by atoms with Crippen molar-refractivity contribution in [2.24, 2.45) is 0 Å². The summed E-state index contributed by atoms with van der Waals surface area (Å²) in [5, 5.41) is 0. The number of amides is 2. The van der Waals surface area contributed by atoms with E-state index in [0.29, 0.717) is 0 Å². The molecule has 0 spiro atoms. The quantitative estimate of drug-likeness (QED) is 0.640. The second-order valence-electron chi connectivity index (χ2n) is 1.94. The second kappa shape index (κ2) is 4.43. The van der Waals surface area contributed by atoms with Gasteiger partial charge < -0.3 is 0 Å². The van der Waals surface area contributed by atoms with Gasteiger partial charge >= 0.3 is 77.3 Å². The van der Waals surface area contributed by atoms with Crippen LogP contribution in [0.2, 0.25) is 0 Å². The molecule has 0 heterocycles. The maximum atomic E-state index is 10.5. The Balaban J connectivity index is 3.99. The summed E-state index contributed by atoms with van der Waals surface area (Å²) >= 11 is -3.91. The van der Waals surface area contributed by atoms with Gasteiger partial charge in [-0.3, -0.25) is 0 Å². The summed E-state index contributed by atoms with van der Waals surface area (Å²) in [6.45, 7) is 2.59. The van der Waals surface area contributed by atoms with Crippen molar-refractivity contribution in [3.05, 3.63) is 0 Å². The van der Waals surface area contributed by atoms with Crippen molar-refractivity contribution in [1.29, 1.82) is 0 Å². The van der Waals surface area contributed by atoms with Gasteiger partial charge in [0.05, 0.1) is 0 Å². The van der Waals surface area contributed by atoms with Crippen molar-refractivity contribution in [3.8, 4) is 0 Å². The molecule has 2 amide bonds. The van der Waals surface area contributed by atoms with Crippen molar-refractivity contribution in [1.82, 2.24) is 6.52 Å². The summed E-state index contributed by atoms with van der Waals surface area (Å²) in [6.07, 6.45) is 0. The number of halogens is 2. The van der Waals surface area contributed by atoms with Crippen molar-refractivity contribution in [2.45, 2.75) is 13.8 Å². The predicted octanol–water partition coefficient (Wildman–Crippen LogP) is -0.0959. The Morgan fingerprint density at radius 2 is 1.36 bits per heavy atom. The van der Waals surface area contributed by atoms with Crippen LogP contribution in [0.1, 0.15) is 13.8 Å². The average Bonchev–Trinajstić information content (AvgIpc) is 1.53. The molecule has 66 valence electrons. The first kappa shape index (κ1) is 11.4. The Kier molecular flexibility index (Phi) is 4.60. The molecule has 0 aliphatic rings. The number of carbonyl (C=O) groups is 2. The molecule has 4 nitrogen and oxygen atoms in total. The molecule has 2 N–H and O–H groups in total. The third kappa shape index (κ3) is 6.79. The topological polar surface area (TPSA) is 58.2 Å². The van der Waals surface area contributed by atoms with Crippen molar-refractivity contribution in [2.75, 3.05) is 0 Å². The first-order chi connectivity index (χ1) is 4.83. The van der Waals surface area contributed by atoms with E-state index in [1.807, 2.05) is 0 Å². The van der Waals surface area contributed by atoms with Crippen LogP contribution in [0.5, 0.6) is 0 Å². The summed E-state index contributed by atoms with van der Waals surface area (Å²) in [4.78, 5) is 20.9. The van der Waals surface area contributed by atoms with Crippen LogP contribution in [0.4, 0.5) is 0 Å². The van der Waals surface area contributed by atoms with E-state index in [2.05, 4.69) is 6.52 Å². The fourth-order valence-corrected chi connectivity index (χ4v) is 8.82. The monoisotopic (exact) mass is 396 g/mol. The summed E-state index contributed by atoms with van der Waals surface area (Å²) in [5.41, 5.74) is 0. The molecule has 0 saturated carbocycles. The molecule has 0 radical (unpaired) electrons. The number of hydrogen-bond donors (Lipinski definition) is 2. The SMILES string of the molecule is CC(=O)[NH][BiH]([Cl])([Cl])[NH]C(C)=O. The Bertz CT molecular complexity index is 167. The number of nitrogens with one attached hydrogen (secondary N) is 2. The molecule has 0 atom stereocenters. The zero-order valence-electron chi connectivity index (χ0n) is 6.07. The van der Waals surface area contributed by atoms with Crippen LogP contribution in [0, 0.1) is 0 Å². The van der Waals surface area contributed by atoms with Gasteiger partial charge in [0.15, 0.2) is 0 Å². The minimum atomic E-state index is -3.91. The van der Waals surface area contributed by atoms with E-state index in [9.17, 15) is 9.59 Å². The molecule has 0 bridgehead atoms. The van der Waals surface area contributed by atoms with Gasteiger partial charge in [-0.05, 0) is 0 Å². The second-order valence-corrected chi connectivity index (χ2v) is 20.0. The Labute approximate surface area is 76.9 Å². The van der Waals surface area contributed by atoms with Crippen molar-refractivity contribution in [3.63, 3.8) is 0 Å². The molecule has 0 saturated heterocycles. The Morgan fingerprint density at radius 3 is 1.55 bits per heavy atom. The third-order valence-corrected chi connectivity index (χ3v) is 9.16. The van der Waals surface area contributed by atoms with Gasteiger partial charge in [0.1, 0.15) is 0 Å². The molecule has 0 unspecified atom stereocenters. The van der Waals surface area contributed by atoms with Crippen LogP contribution in [-0.2, 0) is 9.59 Å². The summed E-state index contributed by atoms with van der Waals surface area (Å²) in [6, 6.07) is 0. The van der Waals surface area contributed by atoms with E-state index >= 15 is 0 Å². The van der Waals surface area contributed by atoms with E-state index in [-0.39, 0.29) is 11.8 Å². The zero-order valence-corrected chi connectivity index (χ0v) is 11.5.